The van der Waals surface area contributed by atoms with Crippen LogP contribution in [0.2, 0.25) is 0 Å². The van der Waals surface area contributed by atoms with Crippen LogP contribution in [0.1, 0.15) is 25.1 Å². The molecule has 19 heavy (non-hydrogen) atoms. The van der Waals surface area contributed by atoms with E-state index in [-0.39, 0.29) is 0 Å². The van der Waals surface area contributed by atoms with Gasteiger partial charge < -0.3 is 10.1 Å². The smallest absolute Gasteiger partial charge is 0.179 e. The first-order valence-electron chi connectivity index (χ1n) is 6.60. The molecule has 100 valence electrons. The fourth-order valence-electron chi connectivity index (χ4n) is 2.22. The van der Waals surface area contributed by atoms with Crippen molar-refractivity contribution in [3.05, 3.63) is 30.1 Å². The Labute approximate surface area is 111 Å². The molecule has 1 aromatic heterocycles. The molecule has 2 heterocycles. The van der Waals surface area contributed by atoms with Crippen molar-refractivity contribution in [3.63, 3.8) is 0 Å². The zero-order chi connectivity index (χ0) is 13.1. The normalized spacial score (nSPS) is 18.7. The lowest BCUT2D eigenvalue weighted by atomic mass is 10.1. The highest BCUT2D eigenvalue weighted by Gasteiger charge is 2.21. The fourth-order valence-corrected chi connectivity index (χ4v) is 2.22. The summed E-state index contributed by atoms with van der Waals surface area (Å²) in [6, 6.07) is 7.70. The average molecular weight is 259 g/mol. The Balaban J connectivity index is 1.77. The molecule has 0 spiro atoms. The van der Waals surface area contributed by atoms with Crippen LogP contribution in [0, 0.1) is 0 Å². The quantitative estimate of drug-likeness (QED) is 0.892. The van der Waals surface area contributed by atoms with Gasteiger partial charge in [0.15, 0.2) is 5.82 Å². The summed E-state index contributed by atoms with van der Waals surface area (Å²) in [6.07, 6.45) is 1.08. The summed E-state index contributed by atoms with van der Waals surface area (Å²) < 4.78 is 5.41. The molecule has 0 aliphatic carbocycles. The standard InChI is InChI=1S/C13H17N5O/c1-2-19-12-5-3-11(4-6-12)18-16-13(15-17-18)10-7-8-14-9-10/h3-6,10,14H,2,7-9H2,1H3. The van der Waals surface area contributed by atoms with Crippen molar-refractivity contribution in [1.29, 1.82) is 0 Å². The molecule has 1 aliphatic heterocycles. The van der Waals surface area contributed by atoms with Crippen LogP contribution in [0.3, 0.4) is 0 Å². The lowest BCUT2D eigenvalue weighted by Crippen LogP contribution is -2.09. The summed E-state index contributed by atoms with van der Waals surface area (Å²) in [5.41, 5.74) is 0.896. The van der Waals surface area contributed by atoms with Gasteiger partial charge in [-0.2, -0.15) is 0 Å². The predicted molar refractivity (Wildman–Crippen MR) is 70.6 cm³/mol. The molecule has 0 bridgehead atoms. The number of benzene rings is 1. The minimum Gasteiger partial charge on any atom is -0.494 e. The second-order valence-electron chi connectivity index (χ2n) is 4.55. The highest BCUT2D eigenvalue weighted by molar-refractivity contribution is 5.35. The molecule has 3 rings (SSSR count). The Morgan fingerprint density at radius 3 is 2.89 bits per heavy atom. The van der Waals surface area contributed by atoms with Crippen LogP contribution in [-0.2, 0) is 0 Å². The van der Waals surface area contributed by atoms with E-state index in [2.05, 4.69) is 20.7 Å². The zero-order valence-electron chi connectivity index (χ0n) is 10.9. The molecule has 1 saturated heterocycles. The van der Waals surface area contributed by atoms with E-state index < -0.39 is 0 Å². The Hall–Kier alpha value is -1.95. The van der Waals surface area contributed by atoms with Gasteiger partial charge in [-0.05, 0) is 49.4 Å². The van der Waals surface area contributed by atoms with Crippen molar-refractivity contribution >= 4 is 0 Å². The van der Waals surface area contributed by atoms with Gasteiger partial charge in [0.2, 0.25) is 0 Å². The molecule has 1 aromatic carbocycles. The number of hydrogen-bond acceptors (Lipinski definition) is 5. The number of ether oxygens (including phenoxy) is 1. The maximum atomic E-state index is 5.41. The van der Waals surface area contributed by atoms with Crippen LogP contribution < -0.4 is 10.1 Å². The Bertz CT molecular complexity index is 530. The highest BCUT2D eigenvalue weighted by Crippen LogP contribution is 2.19. The fraction of sp³-hybridized carbons (Fsp3) is 0.462. The first-order valence-corrected chi connectivity index (χ1v) is 6.60. The van der Waals surface area contributed by atoms with Gasteiger partial charge in [0.05, 0.1) is 12.3 Å². The number of aromatic nitrogens is 4. The van der Waals surface area contributed by atoms with Crippen molar-refractivity contribution in [2.45, 2.75) is 19.3 Å². The molecule has 1 N–H and O–H groups in total. The van der Waals surface area contributed by atoms with E-state index in [1.54, 1.807) is 4.80 Å². The second-order valence-corrected chi connectivity index (χ2v) is 4.55. The van der Waals surface area contributed by atoms with Gasteiger partial charge in [0.25, 0.3) is 0 Å². The molecule has 6 nitrogen and oxygen atoms in total. The Morgan fingerprint density at radius 1 is 1.37 bits per heavy atom. The van der Waals surface area contributed by atoms with Crippen molar-refractivity contribution in [2.75, 3.05) is 19.7 Å². The lowest BCUT2D eigenvalue weighted by molar-refractivity contribution is 0.340. The first-order chi connectivity index (χ1) is 9.36. The van der Waals surface area contributed by atoms with Crippen molar-refractivity contribution in [3.8, 4) is 11.4 Å². The number of nitrogens with zero attached hydrogens (tertiary/aromatic N) is 4. The van der Waals surface area contributed by atoms with E-state index in [1.807, 2.05) is 31.2 Å². The topological polar surface area (TPSA) is 64.9 Å². The SMILES string of the molecule is CCOc1ccc(-n2nnc(C3CCNC3)n2)cc1. The van der Waals surface area contributed by atoms with Crippen LogP contribution >= 0.6 is 0 Å². The highest BCUT2D eigenvalue weighted by atomic mass is 16.5. The number of hydrogen-bond donors (Lipinski definition) is 1. The van der Waals surface area contributed by atoms with Crippen LogP contribution in [0.4, 0.5) is 0 Å². The molecule has 1 fully saturated rings. The third-order valence-electron chi connectivity index (χ3n) is 3.23. The van der Waals surface area contributed by atoms with Crippen LogP contribution in [0.25, 0.3) is 5.69 Å². The largest absolute Gasteiger partial charge is 0.494 e. The Kier molecular flexibility index (Phi) is 3.41. The van der Waals surface area contributed by atoms with Crippen LogP contribution in [0.15, 0.2) is 24.3 Å². The molecule has 0 saturated carbocycles. The molecule has 1 unspecified atom stereocenters. The molecule has 0 radical (unpaired) electrons. The van der Waals surface area contributed by atoms with E-state index in [9.17, 15) is 0 Å². The molecular weight excluding hydrogens is 242 g/mol. The molecule has 0 amide bonds. The minimum atomic E-state index is 0.386. The molecule has 1 atom stereocenters. The predicted octanol–water partition coefficient (Wildman–Crippen LogP) is 1.14. The summed E-state index contributed by atoms with van der Waals surface area (Å²) in [5, 5.41) is 16.0. The molecule has 2 aromatic rings. The summed E-state index contributed by atoms with van der Waals surface area (Å²) >= 11 is 0. The molecular formula is C13H17N5O. The summed E-state index contributed by atoms with van der Waals surface area (Å²) in [4.78, 5) is 1.57. The van der Waals surface area contributed by atoms with E-state index >= 15 is 0 Å². The van der Waals surface area contributed by atoms with Gasteiger partial charge in [0, 0.05) is 12.5 Å². The molecule has 6 heteroatoms. The van der Waals surface area contributed by atoms with Gasteiger partial charge >= 0.3 is 0 Å². The summed E-state index contributed by atoms with van der Waals surface area (Å²) in [7, 11) is 0. The van der Waals surface area contributed by atoms with Gasteiger partial charge in [-0.3, -0.25) is 0 Å². The van der Waals surface area contributed by atoms with Gasteiger partial charge in [-0.25, -0.2) is 0 Å². The number of nitrogens with one attached hydrogen (secondary N) is 1. The Morgan fingerprint density at radius 2 is 2.21 bits per heavy atom. The van der Waals surface area contributed by atoms with E-state index in [0.29, 0.717) is 12.5 Å². The van der Waals surface area contributed by atoms with Gasteiger partial charge in [0.1, 0.15) is 5.75 Å². The number of tetrazole rings is 1. The average Bonchev–Trinajstić information content (AvgIpc) is 3.11. The van der Waals surface area contributed by atoms with Crippen molar-refractivity contribution in [1.82, 2.24) is 25.5 Å². The van der Waals surface area contributed by atoms with E-state index in [0.717, 1.165) is 36.8 Å². The van der Waals surface area contributed by atoms with Crippen molar-refractivity contribution < 1.29 is 4.74 Å². The van der Waals surface area contributed by atoms with Gasteiger partial charge in [-0.1, -0.05) is 0 Å². The summed E-state index contributed by atoms with van der Waals surface area (Å²) in [5.74, 6) is 2.06. The number of rotatable bonds is 4. The van der Waals surface area contributed by atoms with Crippen LogP contribution in [0.5, 0.6) is 5.75 Å². The van der Waals surface area contributed by atoms with Gasteiger partial charge in [-0.15, -0.1) is 15.0 Å². The zero-order valence-corrected chi connectivity index (χ0v) is 10.9. The van der Waals surface area contributed by atoms with Crippen LogP contribution in [-0.4, -0.2) is 39.9 Å². The van der Waals surface area contributed by atoms with Crippen molar-refractivity contribution in [2.24, 2.45) is 0 Å². The lowest BCUT2D eigenvalue weighted by Gasteiger charge is -2.03. The summed E-state index contributed by atoms with van der Waals surface area (Å²) in [6.45, 7) is 4.60. The monoisotopic (exact) mass is 259 g/mol. The third kappa shape index (κ3) is 2.58. The van der Waals surface area contributed by atoms with E-state index in [1.165, 1.54) is 0 Å². The van der Waals surface area contributed by atoms with E-state index in [4.69, 9.17) is 4.74 Å². The first kappa shape index (κ1) is 12.1. The second kappa shape index (κ2) is 5.36. The third-order valence-corrected chi connectivity index (χ3v) is 3.23. The molecule has 1 aliphatic rings. The minimum absolute atomic E-state index is 0.386. The maximum Gasteiger partial charge on any atom is 0.179 e. The maximum absolute atomic E-state index is 5.41.